The Bertz CT molecular complexity index is 420. The number of rotatable bonds is 6. The van der Waals surface area contributed by atoms with Crippen molar-refractivity contribution in [1.29, 1.82) is 0 Å². The molecular formula is C10H13ClN2O3S. The lowest BCUT2D eigenvalue weighted by atomic mass is 10.5. The first kappa shape index (κ1) is 12.6. The van der Waals surface area contributed by atoms with E-state index in [0.717, 1.165) is 24.2 Å². The van der Waals surface area contributed by atoms with Crippen LogP contribution in [0, 0.1) is 0 Å². The lowest BCUT2D eigenvalue weighted by molar-refractivity contribution is 0.0702. The van der Waals surface area contributed by atoms with Crippen LogP contribution in [0.2, 0.25) is 5.15 Å². The third-order valence-corrected chi connectivity index (χ3v) is 4.00. The Labute approximate surface area is 108 Å². The Morgan fingerprint density at radius 2 is 2.41 bits per heavy atom. The zero-order valence-electron chi connectivity index (χ0n) is 9.35. The summed E-state index contributed by atoms with van der Waals surface area (Å²) in [5.41, 5.74) is 0. The number of halogens is 1. The largest absolute Gasteiger partial charge is 0.477 e. The van der Waals surface area contributed by atoms with Crippen molar-refractivity contribution in [1.82, 2.24) is 4.98 Å². The molecule has 0 atom stereocenters. The number of thiazole rings is 1. The van der Waals surface area contributed by atoms with Crippen molar-refractivity contribution in [2.75, 3.05) is 25.2 Å². The molecule has 1 aliphatic rings. The average Bonchev–Trinajstić information content (AvgIpc) is 3.02. The molecule has 0 saturated heterocycles. The number of aromatic carboxylic acids is 1. The highest BCUT2D eigenvalue weighted by atomic mass is 35.5. The highest BCUT2D eigenvalue weighted by Gasteiger charge is 2.32. The van der Waals surface area contributed by atoms with E-state index in [1.165, 1.54) is 0 Å². The standard InChI is InChI=1S/C10H13ClN2O3S/c1-16-5-4-13(6-2-3-6)10-12-8(11)7(17-10)9(14)15/h6H,2-5H2,1H3,(H,14,15). The van der Waals surface area contributed by atoms with Crippen LogP contribution in [0.25, 0.3) is 0 Å². The van der Waals surface area contributed by atoms with Gasteiger partial charge in [0.05, 0.1) is 6.61 Å². The normalized spacial score (nSPS) is 14.9. The van der Waals surface area contributed by atoms with Crippen LogP contribution < -0.4 is 4.90 Å². The summed E-state index contributed by atoms with van der Waals surface area (Å²) in [6.45, 7) is 1.31. The summed E-state index contributed by atoms with van der Waals surface area (Å²) < 4.78 is 5.04. The van der Waals surface area contributed by atoms with Gasteiger partial charge in [-0.1, -0.05) is 22.9 Å². The first-order valence-corrected chi connectivity index (χ1v) is 6.48. The van der Waals surface area contributed by atoms with Crippen LogP contribution in [-0.2, 0) is 4.74 Å². The van der Waals surface area contributed by atoms with E-state index >= 15 is 0 Å². The number of carboxylic acids is 1. The smallest absolute Gasteiger partial charge is 0.349 e. The number of anilines is 1. The summed E-state index contributed by atoms with van der Waals surface area (Å²) >= 11 is 6.93. The zero-order chi connectivity index (χ0) is 12.4. The quantitative estimate of drug-likeness (QED) is 0.862. The van der Waals surface area contributed by atoms with Crippen molar-refractivity contribution in [2.24, 2.45) is 0 Å². The molecule has 1 heterocycles. The number of carbonyl (C=O) groups is 1. The van der Waals surface area contributed by atoms with Gasteiger partial charge in [0.25, 0.3) is 0 Å². The number of methoxy groups -OCH3 is 1. The zero-order valence-corrected chi connectivity index (χ0v) is 10.9. The molecule has 1 fully saturated rings. The Hall–Kier alpha value is -0.850. The highest BCUT2D eigenvalue weighted by molar-refractivity contribution is 7.18. The number of ether oxygens (including phenoxy) is 1. The molecular weight excluding hydrogens is 264 g/mol. The van der Waals surface area contributed by atoms with Crippen LogP contribution in [0.3, 0.4) is 0 Å². The maximum absolute atomic E-state index is 10.9. The summed E-state index contributed by atoms with van der Waals surface area (Å²) in [4.78, 5) is 17.2. The van der Waals surface area contributed by atoms with E-state index in [1.54, 1.807) is 7.11 Å². The average molecular weight is 277 g/mol. The highest BCUT2D eigenvalue weighted by Crippen LogP contribution is 2.36. The summed E-state index contributed by atoms with van der Waals surface area (Å²) in [6, 6.07) is 0.453. The van der Waals surface area contributed by atoms with Crippen LogP contribution >= 0.6 is 22.9 Å². The molecule has 0 radical (unpaired) electrons. The first-order chi connectivity index (χ1) is 8.13. The van der Waals surface area contributed by atoms with Gasteiger partial charge in [-0.3, -0.25) is 0 Å². The van der Waals surface area contributed by atoms with Gasteiger partial charge < -0.3 is 14.7 Å². The van der Waals surface area contributed by atoms with Gasteiger partial charge in [0.15, 0.2) is 15.2 Å². The monoisotopic (exact) mass is 276 g/mol. The van der Waals surface area contributed by atoms with Crippen molar-refractivity contribution in [3.05, 3.63) is 10.0 Å². The van der Waals surface area contributed by atoms with Gasteiger partial charge >= 0.3 is 5.97 Å². The van der Waals surface area contributed by atoms with Gasteiger partial charge in [0, 0.05) is 19.7 Å². The molecule has 1 aliphatic carbocycles. The molecule has 5 nitrogen and oxygen atoms in total. The fraction of sp³-hybridized carbons (Fsp3) is 0.600. The van der Waals surface area contributed by atoms with Crippen molar-refractivity contribution in [2.45, 2.75) is 18.9 Å². The summed E-state index contributed by atoms with van der Waals surface area (Å²) in [5, 5.41) is 9.68. The van der Waals surface area contributed by atoms with E-state index in [0.29, 0.717) is 24.3 Å². The Balaban J connectivity index is 2.17. The first-order valence-electron chi connectivity index (χ1n) is 5.28. The van der Waals surface area contributed by atoms with Gasteiger partial charge in [-0.2, -0.15) is 0 Å². The second kappa shape index (κ2) is 5.20. The minimum absolute atomic E-state index is 0.0700. The van der Waals surface area contributed by atoms with Crippen LogP contribution in [-0.4, -0.2) is 42.4 Å². The third kappa shape index (κ3) is 2.88. The van der Waals surface area contributed by atoms with Crippen molar-refractivity contribution in [3.63, 3.8) is 0 Å². The molecule has 17 heavy (non-hydrogen) atoms. The molecule has 1 saturated carbocycles. The molecule has 0 amide bonds. The van der Waals surface area contributed by atoms with E-state index in [9.17, 15) is 4.79 Å². The second-order valence-corrected chi connectivity index (χ2v) is 5.17. The Kier molecular flexibility index (Phi) is 3.86. The van der Waals surface area contributed by atoms with E-state index in [1.807, 2.05) is 0 Å². The lowest BCUT2D eigenvalue weighted by Crippen LogP contribution is -2.29. The molecule has 0 aromatic carbocycles. The molecule has 2 rings (SSSR count). The third-order valence-electron chi connectivity index (χ3n) is 2.54. The van der Waals surface area contributed by atoms with Gasteiger partial charge in [-0.05, 0) is 12.8 Å². The summed E-state index contributed by atoms with van der Waals surface area (Å²) in [6.07, 6.45) is 2.23. The molecule has 0 bridgehead atoms. The Morgan fingerprint density at radius 3 is 2.88 bits per heavy atom. The predicted octanol–water partition coefficient (Wildman–Crippen LogP) is 2.11. The van der Waals surface area contributed by atoms with E-state index in [4.69, 9.17) is 21.4 Å². The van der Waals surface area contributed by atoms with E-state index in [-0.39, 0.29) is 10.0 Å². The topological polar surface area (TPSA) is 62.7 Å². The lowest BCUT2D eigenvalue weighted by Gasteiger charge is -2.20. The molecule has 1 aromatic rings. The van der Waals surface area contributed by atoms with Crippen LogP contribution in [0.1, 0.15) is 22.5 Å². The molecule has 1 aromatic heterocycles. The van der Waals surface area contributed by atoms with Crippen molar-refractivity contribution in [3.8, 4) is 0 Å². The fourth-order valence-corrected chi connectivity index (χ4v) is 2.78. The van der Waals surface area contributed by atoms with E-state index < -0.39 is 5.97 Å². The SMILES string of the molecule is COCCN(c1nc(Cl)c(C(=O)O)s1)C1CC1. The van der Waals surface area contributed by atoms with Crippen LogP contribution in [0.15, 0.2) is 0 Å². The second-order valence-electron chi connectivity index (χ2n) is 3.84. The van der Waals surface area contributed by atoms with Gasteiger partial charge in [0.1, 0.15) is 0 Å². The molecule has 0 spiro atoms. The van der Waals surface area contributed by atoms with Crippen LogP contribution in [0.5, 0.6) is 0 Å². The summed E-state index contributed by atoms with van der Waals surface area (Å²) in [7, 11) is 1.64. The van der Waals surface area contributed by atoms with E-state index in [2.05, 4.69) is 9.88 Å². The molecule has 0 aliphatic heterocycles. The minimum Gasteiger partial charge on any atom is -0.477 e. The molecule has 94 valence electrons. The van der Waals surface area contributed by atoms with Gasteiger partial charge in [-0.15, -0.1) is 0 Å². The fourth-order valence-electron chi connectivity index (χ4n) is 1.56. The van der Waals surface area contributed by atoms with Crippen molar-refractivity contribution >= 4 is 34.0 Å². The Morgan fingerprint density at radius 1 is 1.71 bits per heavy atom. The maximum Gasteiger partial charge on any atom is 0.349 e. The number of hydrogen-bond donors (Lipinski definition) is 1. The minimum atomic E-state index is -1.03. The predicted molar refractivity (Wildman–Crippen MR) is 66.3 cm³/mol. The van der Waals surface area contributed by atoms with Gasteiger partial charge in [-0.25, -0.2) is 9.78 Å². The van der Waals surface area contributed by atoms with Crippen molar-refractivity contribution < 1.29 is 14.6 Å². The number of nitrogens with zero attached hydrogens (tertiary/aromatic N) is 2. The number of carboxylic acid groups (broad SMARTS) is 1. The maximum atomic E-state index is 10.9. The molecule has 1 N–H and O–H groups in total. The van der Waals surface area contributed by atoms with Crippen LogP contribution in [0.4, 0.5) is 5.13 Å². The summed E-state index contributed by atoms with van der Waals surface area (Å²) in [5.74, 6) is -1.03. The number of hydrogen-bond acceptors (Lipinski definition) is 5. The molecule has 0 unspecified atom stereocenters. The van der Waals surface area contributed by atoms with Gasteiger partial charge in [0.2, 0.25) is 0 Å². The number of aromatic nitrogens is 1. The molecule has 7 heteroatoms.